The van der Waals surface area contributed by atoms with Crippen LogP contribution in [0.4, 0.5) is 0 Å². The molecule has 0 radical (unpaired) electrons. The Labute approximate surface area is 103 Å². The molecule has 3 N–H and O–H groups in total. The molecule has 0 bridgehead atoms. The van der Waals surface area contributed by atoms with Gasteiger partial charge in [-0.05, 0) is 12.0 Å². The number of rotatable bonds is 7. The second-order valence-corrected chi connectivity index (χ2v) is 4.35. The maximum absolute atomic E-state index is 11.4. The van der Waals surface area contributed by atoms with E-state index >= 15 is 0 Å². The van der Waals surface area contributed by atoms with Gasteiger partial charge in [0.25, 0.3) is 0 Å². The van der Waals surface area contributed by atoms with Crippen LogP contribution in [0.1, 0.15) is 44.1 Å². The fourth-order valence-electron chi connectivity index (χ4n) is 2.01. The number of nitrogens with two attached hydrogens (primary N) is 1. The van der Waals surface area contributed by atoms with Gasteiger partial charge in [0.1, 0.15) is 0 Å². The topological polar surface area (TPSA) is 63.3 Å². The Bertz CT molecular complexity index is 337. The SMILES string of the molecule is CCCCCC(O)C(C(N)=O)c1ccccc1. The molecule has 0 aliphatic carbocycles. The minimum atomic E-state index is -0.679. The van der Waals surface area contributed by atoms with Gasteiger partial charge in [-0.3, -0.25) is 4.79 Å². The van der Waals surface area contributed by atoms with E-state index in [2.05, 4.69) is 6.92 Å². The van der Waals surface area contributed by atoms with E-state index in [9.17, 15) is 9.90 Å². The lowest BCUT2D eigenvalue weighted by molar-refractivity contribution is -0.122. The predicted octanol–water partition coefficient (Wildman–Crippen LogP) is 2.20. The Hall–Kier alpha value is -1.35. The van der Waals surface area contributed by atoms with Crippen LogP contribution < -0.4 is 5.73 Å². The molecule has 0 saturated carbocycles. The zero-order valence-electron chi connectivity index (χ0n) is 10.3. The van der Waals surface area contributed by atoms with Gasteiger partial charge in [-0.25, -0.2) is 0 Å². The Morgan fingerprint density at radius 3 is 2.47 bits per heavy atom. The minimum Gasteiger partial charge on any atom is -0.392 e. The van der Waals surface area contributed by atoms with Crippen LogP contribution in [-0.2, 0) is 4.79 Å². The standard InChI is InChI=1S/C14H21NO2/c1-2-3-5-10-12(16)13(14(15)17)11-8-6-4-7-9-11/h4,6-9,12-13,16H,2-3,5,10H2,1H3,(H2,15,17). The van der Waals surface area contributed by atoms with Crippen LogP contribution in [-0.4, -0.2) is 17.1 Å². The molecule has 0 aliphatic rings. The molecule has 3 heteroatoms. The van der Waals surface area contributed by atoms with E-state index in [0.29, 0.717) is 6.42 Å². The van der Waals surface area contributed by atoms with Gasteiger partial charge in [0.15, 0.2) is 0 Å². The van der Waals surface area contributed by atoms with Crippen molar-refractivity contribution in [2.75, 3.05) is 0 Å². The molecule has 1 rings (SSSR count). The molecule has 0 aromatic heterocycles. The smallest absolute Gasteiger partial charge is 0.227 e. The van der Waals surface area contributed by atoms with E-state index in [4.69, 9.17) is 5.73 Å². The lowest BCUT2D eigenvalue weighted by Crippen LogP contribution is -2.31. The summed E-state index contributed by atoms with van der Waals surface area (Å²) in [6.07, 6.45) is 3.03. The molecule has 1 amide bonds. The maximum Gasteiger partial charge on any atom is 0.227 e. The summed E-state index contributed by atoms with van der Waals surface area (Å²) in [5.41, 5.74) is 6.17. The van der Waals surface area contributed by atoms with Crippen LogP contribution >= 0.6 is 0 Å². The van der Waals surface area contributed by atoms with Gasteiger partial charge in [-0.2, -0.15) is 0 Å². The summed E-state index contributed by atoms with van der Waals surface area (Å²) in [4.78, 5) is 11.4. The van der Waals surface area contributed by atoms with Crippen LogP contribution in [0, 0.1) is 0 Å². The molecule has 1 aromatic carbocycles. The normalized spacial score (nSPS) is 14.2. The number of aliphatic hydroxyl groups is 1. The Morgan fingerprint density at radius 1 is 1.29 bits per heavy atom. The summed E-state index contributed by atoms with van der Waals surface area (Å²) in [6.45, 7) is 2.11. The summed E-state index contributed by atoms with van der Waals surface area (Å²) in [5, 5.41) is 10.1. The van der Waals surface area contributed by atoms with Crippen LogP contribution in [0.3, 0.4) is 0 Å². The van der Waals surface area contributed by atoms with Crippen molar-refractivity contribution >= 4 is 5.91 Å². The number of amides is 1. The van der Waals surface area contributed by atoms with Crippen LogP contribution in [0.2, 0.25) is 0 Å². The summed E-state index contributed by atoms with van der Waals surface area (Å²) in [5.74, 6) is -1.05. The zero-order chi connectivity index (χ0) is 12.7. The number of hydrogen-bond donors (Lipinski definition) is 2. The molecule has 0 fully saturated rings. The van der Waals surface area contributed by atoms with E-state index in [1.54, 1.807) is 0 Å². The second-order valence-electron chi connectivity index (χ2n) is 4.35. The highest BCUT2D eigenvalue weighted by atomic mass is 16.3. The third kappa shape index (κ3) is 4.19. The molecule has 17 heavy (non-hydrogen) atoms. The third-order valence-corrected chi connectivity index (χ3v) is 2.95. The molecule has 0 saturated heterocycles. The van der Waals surface area contributed by atoms with E-state index in [-0.39, 0.29) is 0 Å². The third-order valence-electron chi connectivity index (χ3n) is 2.95. The first-order chi connectivity index (χ1) is 8.16. The molecule has 2 atom stereocenters. The van der Waals surface area contributed by atoms with Gasteiger partial charge >= 0.3 is 0 Å². The Morgan fingerprint density at radius 2 is 1.94 bits per heavy atom. The van der Waals surface area contributed by atoms with Crippen molar-refractivity contribution in [2.24, 2.45) is 5.73 Å². The zero-order valence-corrected chi connectivity index (χ0v) is 10.3. The van der Waals surface area contributed by atoms with Crippen molar-refractivity contribution in [3.63, 3.8) is 0 Å². The summed E-state index contributed by atoms with van der Waals surface area (Å²) >= 11 is 0. The first-order valence-electron chi connectivity index (χ1n) is 6.19. The number of primary amides is 1. The highest BCUT2D eigenvalue weighted by Gasteiger charge is 2.25. The molecule has 0 aliphatic heterocycles. The van der Waals surface area contributed by atoms with Crippen molar-refractivity contribution in [3.05, 3.63) is 35.9 Å². The molecular formula is C14H21NO2. The van der Waals surface area contributed by atoms with E-state index < -0.39 is 17.9 Å². The van der Waals surface area contributed by atoms with E-state index in [1.807, 2.05) is 30.3 Å². The van der Waals surface area contributed by atoms with Crippen molar-refractivity contribution in [1.29, 1.82) is 0 Å². The molecule has 0 spiro atoms. The van der Waals surface area contributed by atoms with Gasteiger partial charge in [-0.15, -0.1) is 0 Å². The lowest BCUT2D eigenvalue weighted by Gasteiger charge is -2.20. The first kappa shape index (κ1) is 13.7. The highest BCUT2D eigenvalue weighted by Crippen LogP contribution is 2.22. The first-order valence-corrected chi connectivity index (χ1v) is 6.19. The maximum atomic E-state index is 11.4. The number of carbonyl (C=O) groups is 1. The average molecular weight is 235 g/mol. The summed E-state index contributed by atoms with van der Waals surface area (Å²) < 4.78 is 0. The van der Waals surface area contributed by atoms with Crippen LogP contribution in [0.5, 0.6) is 0 Å². The molecule has 0 heterocycles. The van der Waals surface area contributed by atoms with Crippen molar-refractivity contribution in [1.82, 2.24) is 0 Å². The van der Waals surface area contributed by atoms with Crippen LogP contribution in [0.25, 0.3) is 0 Å². The van der Waals surface area contributed by atoms with Crippen molar-refractivity contribution in [3.8, 4) is 0 Å². The number of unbranched alkanes of at least 4 members (excludes halogenated alkanes) is 2. The van der Waals surface area contributed by atoms with Gasteiger partial charge in [0.05, 0.1) is 12.0 Å². The monoisotopic (exact) mass is 235 g/mol. The van der Waals surface area contributed by atoms with Crippen LogP contribution in [0.15, 0.2) is 30.3 Å². The van der Waals surface area contributed by atoms with Gasteiger partial charge < -0.3 is 10.8 Å². The summed E-state index contributed by atoms with van der Waals surface area (Å²) in [7, 11) is 0. The predicted molar refractivity (Wildman–Crippen MR) is 68.5 cm³/mol. The fourth-order valence-corrected chi connectivity index (χ4v) is 2.01. The largest absolute Gasteiger partial charge is 0.392 e. The van der Waals surface area contributed by atoms with Gasteiger partial charge in [0, 0.05) is 0 Å². The quantitative estimate of drug-likeness (QED) is 0.712. The average Bonchev–Trinajstić information content (AvgIpc) is 2.30. The number of benzene rings is 1. The number of hydrogen-bond acceptors (Lipinski definition) is 2. The van der Waals surface area contributed by atoms with Gasteiger partial charge in [-0.1, -0.05) is 56.5 Å². The van der Waals surface area contributed by atoms with E-state index in [1.165, 1.54) is 0 Å². The van der Waals surface area contributed by atoms with Crippen molar-refractivity contribution < 1.29 is 9.90 Å². The number of aliphatic hydroxyl groups excluding tert-OH is 1. The second kappa shape index (κ2) is 7.07. The molecule has 2 unspecified atom stereocenters. The molecule has 1 aromatic rings. The Balaban J connectivity index is 2.69. The minimum absolute atomic E-state index is 0.458. The Kier molecular flexibility index (Phi) is 5.70. The van der Waals surface area contributed by atoms with Crippen molar-refractivity contribution in [2.45, 2.75) is 44.6 Å². The van der Waals surface area contributed by atoms with Gasteiger partial charge in [0.2, 0.25) is 5.91 Å². The molecular weight excluding hydrogens is 214 g/mol. The number of carbonyl (C=O) groups excluding carboxylic acids is 1. The highest BCUT2D eigenvalue weighted by molar-refractivity contribution is 5.82. The molecule has 94 valence electrons. The fraction of sp³-hybridized carbons (Fsp3) is 0.500. The molecule has 3 nitrogen and oxygen atoms in total. The van der Waals surface area contributed by atoms with E-state index in [0.717, 1.165) is 24.8 Å². The summed E-state index contributed by atoms with van der Waals surface area (Å²) in [6, 6.07) is 9.25. The lowest BCUT2D eigenvalue weighted by atomic mass is 9.90.